The van der Waals surface area contributed by atoms with Gasteiger partial charge in [-0.05, 0) is 31.2 Å². The van der Waals surface area contributed by atoms with Crippen molar-refractivity contribution >= 4 is 39.4 Å². The van der Waals surface area contributed by atoms with Gasteiger partial charge in [0, 0.05) is 0 Å². The van der Waals surface area contributed by atoms with Crippen LogP contribution in [0.4, 0.5) is 5.13 Å². The number of fused-ring (bicyclic) bond motifs is 1. The van der Waals surface area contributed by atoms with E-state index in [1.54, 1.807) is 37.3 Å². The summed E-state index contributed by atoms with van der Waals surface area (Å²) >= 11 is 1.23. The van der Waals surface area contributed by atoms with Crippen molar-refractivity contribution in [1.82, 2.24) is 15.2 Å². The zero-order valence-electron chi connectivity index (χ0n) is 14.7. The number of aryl methyl sites for hydroxylation is 1. The molecule has 0 radical (unpaired) electrons. The first kappa shape index (κ1) is 17.8. The number of benzene rings is 2. The molecule has 2 aromatic heterocycles. The minimum absolute atomic E-state index is 0.258. The predicted octanol–water partition coefficient (Wildman–Crippen LogP) is 3.45. The third-order valence-corrected chi connectivity index (χ3v) is 4.53. The molecule has 0 saturated heterocycles. The van der Waals surface area contributed by atoms with Crippen molar-refractivity contribution in [3.63, 3.8) is 0 Å². The van der Waals surface area contributed by atoms with Crippen molar-refractivity contribution in [3.05, 3.63) is 59.1 Å². The van der Waals surface area contributed by atoms with E-state index in [4.69, 9.17) is 9.15 Å². The molecule has 4 rings (SSSR count). The van der Waals surface area contributed by atoms with Gasteiger partial charge in [0.25, 0.3) is 5.91 Å². The number of anilines is 1. The number of rotatable bonds is 5. The molecule has 0 unspecified atom stereocenters. The Hall–Kier alpha value is -3.59. The summed E-state index contributed by atoms with van der Waals surface area (Å²) in [5.74, 6) is -0.840. The van der Waals surface area contributed by atoms with Crippen LogP contribution in [0.1, 0.15) is 15.4 Å². The summed E-state index contributed by atoms with van der Waals surface area (Å²) in [6.45, 7) is 1.33. The number of esters is 1. The highest BCUT2D eigenvalue weighted by atomic mass is 32.1. The molecule has 0 aliphatic heterocycles. The topological polar surface area (TPSA) is 107 Å². The first-order valence-corrected chi connectivity index (χ1v) is 9.14. The molecule has 4 aromatic rings. The van der Waals surface area contributed by atoms with Gasteiger partial charge in [-0.2, -0.15) is 0 Å². The third kappa shape index (κ3) is 3.74. The Morgan fingerprint density at radius 1 is 1.11 bits per heavy atom. The molecule has 0 aliphatic carbocycles. The van der Waals surface area contributed by atoms with E-state index in [-0.39, 0.29) is 5.56 Å². The second kappa shape index (κ2) is 7.57. The van der Waals surface area contributed by atoms with E-state index >= 15 is 0 Å². The maximum absolute atomic E-state index is 12.5. The number of carbonyl (C=O) groups excluding carboxylic acids is 2. The number of nitrogens with zero attached hydrogens (tertiary/aromatic N) is 3. The monoisotopic (exact) mass is 394 g/mol. The van der Waals surface area contributed by atoms with Gasteiger partial charge in [-0.1, -0.05) is 35.6 Å². The SMILES string of the molecule is Cc1nnc(NC(=O)COC(=O)c2ccccc2-c2nc3ccccc3o2)s1. The van der Waals surface area contributed by atoms with Crippen LogP contribution in [0.2, 0.25) is 0 Å². The number of hydrogen-bond donors (Lipinski definition) is 1. The Kier molecular flexibility index (Phi) is 4.81. The van der Waals surface area contributed by atoms with Gasteiger partial charge in [0.2, 0.25) is 11.0 Å². The second-order valence-corrected chi connectivity index (χ2v) is 6.96. The van der Waals surface area contributed by atoms with E-state index in [1.165, 1.54) is 11.3 Å². The van der Waals surface area contributed by atoms with Crippen LogP contribution in [0.25, 0.3) is 22.6 Å². The molecule has 8 nitrogen and oxygen atoms in total. The number of aromatic nitrogens is 3. The highest BCUT2D eigenvalue weighted by Gasteiger charge is 2.19. The van der Waals surface area contributed by atoms with Crippen molar-refractivity contribution in [2.45, 2.75) is 6.92 Å². The molecule has 0 saturated carbocycles. The fourth-order valence-corrected chi connectivity index (χ4v) is 3.15. The number of oxazole rings is 1. The number of ether oxygens (including phenoxy) is 1. The van der Waals surface area contributed by atoms with Crippen LogP contribution in [-0.2, 0) is 9.53 Å². The average Bonchev–Trinajstić information content (AvgIpc) is 3.32. The van der Waals surface area contributed by atoms with Gasteiger partial charge < -0.3 is 9.15 Å². The van der Waals surface area contributed by atoms with Gasteiger partial charge in [-0.3, -0.25) is 10.1 Å². The lowest BCUT2D eigenvalue weighted by Gasteiger charge is -2.07. The Balaban J connectivity index is 1.49. The van der Waals surface area contributed by atoms with Crippen molar-refractivity contribution < 1.29 is 18.7 Å². The largest absolute Gasteiger partial charge is 0.452 e. The maximum Gasteiger partial charge on any atom is 0.339 e. The summed E-state index contributed by atoms with van der Waals surface area (Å²) in [6, 6.07) is 14.1. The van der Waals surface area contributed by atoms with E-state index in [0.717, 1.165) is 5.01 Å². The van der Waals surface area contributed by atoms with E-state index in [2.05, 4.69) is 20.5 Å². The highest BCUT2D eigenvalue weighted by Crippen LogP contribution is 2.27. The van der Waals surface area contributed by atoms with Gasteiger partial charge >= 0.3 is 5.97 Å². The van der Waals surface area contributed by atoms with Crippen LogP contribution in [0.5, 0.6) is 0 Å². The molecular weight excluding hydrogens is 380 g/mol. The fourth-order valence-electron chi connectivity index (χ4n) is 2.55. The summed E-state index contributed by atoms with van der Waals surface area (Å²) in [5.41, 5.74) is 2.05. The van der Waals surface area contributed by atoms with Crippen LogP contribution in [0.15, 0.2) is 52.9 Å². The van der Waals surface area contributed by atoms with E-state index in [1.807, 2.05) is 18.2 Å². The van der Waals surface area contributed by atoms with Crippen LogP contribution < -0.4 is 5.32 Å². The van der Waals surface area contributed by atoms with Gasteiger partial charge in [-0.15, -0.1) is 10.2 Å². The summed E-state index contributed by atoms with van der Waals surface area (Å²) < 4.78 is 10.9. The van der Waals surface area contributed by atoms with Crippen LogP contribution in [0.3, 0.4) is 0 Å². The summed E-state index contributed by atoms with van der Waals surface area (Å²) in [6.07, 6.45) is 0. The third-order valence-electron chi connectivity index (χ3n) is 3.78. The van der Waals surface area contributed by atoms with Gasteiger partial charge in [0.1, 0.15) is 10.5 Å². The van der Waals surface area contributed by atoms with Crippen LogP contribution >= 0.6 is 11.3 Å². The maximum atomic E-state index is 12.5. The summed E-state index contributed by atoms with van der Waals surface area (Å²) in [7, 11) is 0. The minimum atomic E-state index is -0.651. The highest BCUT2D eigenvalue weighted by molar-refractivity contribution is 7.15. The van der Waals surface area contributed by atoms with Crippen LogP contribution in [-0.4, -0.2) is 33.7 Å². The molecule has 2 heterocycles. The first-order valence-electron chi connectivity index (χ1n) is 8.32. The summed E-state index contributed by atoms with van der Waals surface area (Å²) in [5, 5.41) is 11.2. The Morgan fingerprint density at radius 2 is 1.89 bits per heavy atom. The lowest BCUT2D eigenvalue weighted by Crippen LogP contribution is -2.21. The molecule has 1 amide bonds. The number of carbonyl (C=O) groups is 2. The standard InChI is InChI=1S/C19H14N4O4S/c1-11-22-23-19(28-11)21-16(24)10-26-18(25)13-7-3-2-6-12(13)17-20-14-8-4-5-9-15(14)27-17/h2-9H,10H2,1H3,(H,21,23,24). The predicted molar refractivity (Wildman–Crippen MR) is 103 cm³/mol. The number of para-hydroxylation sites is 2. The fraction of sp³-hybridized carbons (Fsp3) is 0.105. The lowest BCUT2D eigenvalue weighted by molar-refractivity contribution is -0.119. The summed E-state index contributed by atoms with van der Waals surface area (Å²) in [4.78, 5) is 28.9. The zero-order valence-corrected chi connectivity index (χ0v) is 15.5. The van der Waals surface area contributed by atoms with Gasteiger partial charge in [-0.25, -0.2) is 9.78 Å². The normalized spacial score (nSPS) is 10.8. The van der Waals surface area contributed by atoms with Gasteiger partial charge in [0.05, 0.1) is 11.1 Å². The first-order chi connectivity index (χ1) is 13.6. The smallest absolute Gasteiger partial charge is 0.339 e. The molecule has 0 atom stereocenters. The molecule has 0 bridgehead atoms. The molecule has 0 spiro atoms. The Bertz CT molecular complexity index is 1130. The zero-order chi connectivity index (χ0) is 19.5. The van der Waals surface area contributed by atoms with Crippen molar-refractivity contribution in [1.29, 1.82) is 0 Å². The van der Waals surface area contributed by atoms with Crippen molar-refractivity contribution in [2.75, 3.05) is 11.9 Å². The average molecular weight is 394 g/mol. The van der Waals surface area contributed by atoms with E-state index in [0.29, 0.717) is 27.7 Å². The number of hydrogen-bond acceptors (Lipinski definition) is 8. The lowest BCUT2D eigenvalue weighted by atomic mass is 10.1. The Morgan fingerprint density at radius 3 is 2.68 bits per heavy atom. The molecular formula is C19H14N4O4S. The minimum Gasteiger partial charge on any atom is -0.452 e. The molecule has 0 fully saturated rings. The molecule has 2 aromatic carbocycles. The molecule has 1 N–H and O–H groups in total. The molecule has 0 aliphatic rings. The molecule has 28 heavy (non-hydrogen) atoms. The number of amides is 1. The van der Waals surface area contributed by atoms with Gasteiger partial charge in [0.15, 0.2) is 12.2 Å². The number of nitrogens with one attached hydrogen (secondary N) is 1. The second-order valence-electron chi connectivity index (χ2n) is 5.78. The molecule has 9 heteroatoms. The quantitative estimate of drug-likeness (QED) is 0.517. The van der Waals surface area contributed by atoms with E-state index < -0.39 is 18.5 Å². The van der Waals surface area contributed by atoms with Crippen LogP contribution in [0, 0.1) is 6.92 Å². The Labute approximate surface area is 163 Å². The van der Waals surface area contributed by atoms with E-state index in [9.17, 15) is 9.59 Å². The van der Waals surface area contributed by atoms with Crippen molar-refractivity contribution in [3.8, 4) is 11.5 Å². The molecule has 140 valence electrons. The van der Waals surface area contributed by atoms with Crippen molar-refractivity contribution in [2.24, 2.45) is 0 Å².